The molecule has 6 heteroatoms. The minimum absolute atomic E-state index is 0.0269. The molecule has 0 bridgehead atoms. The van der Waals surface area contributed by atoms with Crippen molar-refractivity contribution < 1.29 is 14.3 Å². The largest absolute Gasteiger partial charge is 0.451 e. The Bertz CT molecular complexity index is 1030. The average molecular weight is 407 g/mol. The summed E-state index contributed by atoms with van der Waals surface area (Å²) in [7, 11) is 0. The lowest BCUT2D eigenvalue weighted by atomic mass is 9.88. The van der Waals surface area contributed by atoms with Gasteiger partial charge in [0.05, 0.1) is 11.7 Å². The molecule has 1 N–H and O–H groups in total. The maximum atomic E-state index is 12.5. The first-order valence-corrected chi connectivity index (χ1v) is 10.5. The van der Waals surface area contributed by atoms with Crippen molar-refractivity contribution in [1.82, 2.24) is 10.3 Å². The third kappa shape index (κ3) is 4.38. The van der Waals surface area contributed by atoms with Crippen LogP contribution in [0.5, 0.6) is 0 Å². The smallest absolute Gasteiger partial charge is 0.350 e. The number of carbonyl (C=O) groups is 2. The Morgan fingerprint density at radius 2 is 1.90 bits per heavy atom. The van der Waals surface area contributed by atoms with Crippen molar-refractivity contribution in [3.05, 3.63) is 76.3 Å². The van der Waals surface area contributed by atoms with Crippen LogP contribution in [0.4, 0.5) is 0 Å². The fraction of sp³-hybridized carbons (Fsp3) is 0.261. The van der Waals surface area contributed by atoms with Crippen molar-refractivity contribution in [2.24, 2.45) is 0 Å². The molecule has 1 aliphatic carbocycles. The standard InChI is InChI=1S/C23H22N2O3S/c1-15-21(29-22(24-15)17-9-3-2-4-10-17)23(27)28-14-20(26)25-19-13-7-11-16-8-5-6-12-18(16)19/h2-6,8-10,12,19H,7,11,13-14H2,1H3,(H,25,26)/t19-/m0/s1. The first kappa shape index (κ1) is 19.3. The van der Waals surface area contributed by atoms with Gasteiger partial charge in [-0.3, -0.25) is 4.79 Å². The summed E-state index contributed by atoms with van der Waals surface area (Å²) in [4.78, 5) is 29.7. The number of aryl methyl sites for hydroxylation is 2. The minimum Gasteiger partial charge on any atom is -0.451 e. The molecule has 0 unspecified atom stereocenters. The third-order valence-electron chi connectivity index (χ3n) is 5.04. The van der Waals surface area contributed by atoms with Gasteiger partial charge in [0.15, 0.2) is 6.61 Å². The second-order valence-corrected chi connectivity index (χ2v) is 8.09. The highest BCUT2D eigenvalue weighted by atomic mass is 32.1. The molecular weight excluding hydrogens is 384 g/mol. The van der Waals surface area contributed by atoms with E-state index in [0.29, 0.717) is 10.6 Å². The van der Waals surface area contributed by atoms with E-state index in [1.54, 1.807) is 6.92 Å². The number of esters is 1. The van der Waals surface area contributed by atoms with Crippen LogP contribution in [-0.4, -0.2) is 23.5 Å². The summed E-state index contributed by atoms with van der Waals surface area (Å²) in [5, 5.41) is 3.76. The molecule has 1 amide bonds. The van der Waals surface area contributed by atoms with E-state index in [2.05, 4.69) is 22.4 Å². The number of fused-ring (bicyclic) bond motifs is 1. The minimum atomic E-state index is -0.513. The lowest BCUT2D eigenvalue weighted by molar-refractivity contribution is -0.125. The maximum Gasteiger partial charge on any atom is 0.350 e. The van der Waals surface area contributed by atoms with Gasteiger partial charge in [0.1, 0.15) is 9.88 Å². The SMILES string of the molecule is Cc1nc(-c2ccccc2)sc1C(=O)OCC(=O)N[C@H]1CCCc2ccccc21. The molecule has 1 atom stereocenters. The van der Waals surface area contributed by atoms with Gasteiger partial charge in [-0.05, 0) is 37.3 Å². The van der Waals surface area contributed by atoms with Gasteiger partial charge in [-0.15, -0.1) is 11.3 Å². The zero-order chi connectivity index (χ0) is 20.2. The number of nitrogens with zero attached hydrogens (tertiary/aromatic N) is 1. The van der Waals surface area contributed by atoms with Crippen LogP contribution in [0.2, 0.25) is 0 Å². The predicted molar refractivity (Wildman–Crippen MR) is 113 cm³/mol. The highest BCUT2D eigenvalue weighted by Crippen LogP contribution is 2.30. The molecule has 4 rings (SSSR count). The Morgan fingerprint density at radius 1 is 1.14 bits per heavy atom. The zero-order valence-corrected chi connectivity index (χ0v) is 17.0. The van der Waals surface area contributed by atoms with Gasteiger partial charge in [-0.25, -0.2) is 9.78 Å². The van der Waals surface area contributed by atoms with Gasteiger partial charge in [0.25, 0.3) is 5.91 Å². The molecule has 0 saturated heterocycles. The molecule has 5 nitrogen and oxygen atoms in total. The van der Waals surface area contributed by atoms with Crippen LogP contribution in [-0.2, 0) is 16.0 Å². The lowest BCUT2D eigenvalue weighted by Crippen LogP contribution is -2.34. The molecule has 0 radical (unpaired) electrons. The Morgan fingerprint density at radius 3 is 2.72 bits per heavy atom. The summed E-state index contributed by atoms with van der Waals surface area (Å²) in [5.41, 5.74) is 3.99. The molecule has 148 valence electrons. The second-order valence-electron chi connectivity index (χ2n) is 7.09. The van der Waals surface area contributed by atoms with E-state index >= 15 is 0 Å². The predicted octanol–water partition coefficient (Wildman–Crippen LogP) is 4.47. The number of hydrogen-bond acceptors (Lipinski definition) is 5. The Kier molecular flexibility index (Phi) is 5.71. The monoisotopic (exact) mass is 406 g/mol. The Balaban J connectivity index is 1.37. The number of hydrogen-bond donors (Lipinski definition) is 1. The number of rotatable bonds is 5. The molecule has 1 aromatic heterocycles. The van der Waals surface area contributed by atoms with E-state index in [-0.39, 0.29) is 18.6 Å². The van der Waals surface area contributed by atoms with Crippen LogP contribution in [0.15, 0.2) is 54.6 Å². The van der Waals surface area contributed by atoms with E-state index in [4.69, 9.17) is 4.74 Å². The second kappa shape index (κ2) is 8.57. The lowest BCUT2D eigenvalue weighted by Gasteiger charge is -2.26. The van der Waals surface area contributed by atoms with Crippen LogP contribution in [0.3, 0.4) is 0 Å². The Hall–Kier alpha value is -2.99. The molecular formula is C23H22N2O3S. The molecule has 1 heterocycles. The summed E-state index contributed by atoms with van der Waals surface area (Å²) in [6.07, 6.45) is 2.96. The van der Waals surface area contributed by atoms with Crippen LogP contribution >= 0.6 is 11.3 Å². The summed E-state index contributed by atoms with van der Waals surface area (Å²) in [6, 6.07) is 17.8. The number of benzene rings is 2. The first-order chi connectivity index (χ1) is 14.1. The first-order valence-electron chi connectivity index (χ1n) is 9.69. The van der Waals surface area contributed by atoms with Crippen molar-refractivity contribution in [2.75, 3.05) is 6.61 Å². The summed E-state index contributed by atoms with van der Waals surface area (Å²) in [6.45, 7) is 1.48. The highest BCUT2D eigenvalue weighted by molar-refractivity contribution is 7.17. The maximum absolute atomic E-state index is 12.5. The average Bonchev–Trinajstić information content (AvgIpc) is 3.15. The Labute approximate surface area is 173 Å². The molecule has 0 aliphatic heterocycles. The quantitative estimate of drug-likeness (QED) is 0.635. The summed E-state index contributed by atoms with van der Waals surface area (Å²) in [5.74, 6) is -0.799. The van der Waals surface area contributed by atoms with Gasteiger partial charge >= 0.3 is 5.97 Å². The van der Waals surface area contributed by atoms with Crippen molar-refractivity contribution in [3.8, 4) is 10.6 Å². The van der Waals surface area contributed by atoms with Crippen molar-refractivity contribution in [1.29, 1.82) is 0 Å². The number of amides is 1. The van der Waals surface area contributed by atoms with E-state index < -0.39 is 5.97 Å². The van der Waals surface area contributed by atoms with Gasteiger partial charge in [0, 0.05) is 5.56 Å². The number of aromatic nitrogens is 1. The fourth-order valence-corrected chi connectivity index (χ4v) is 4.59. The molecule has 0 fully saturated rings. The van der Waals surface area contributed by atoms with Gasteiger partial charge in [-0.1, -0.05) is 54.6 Å². The van der Waals surface area contributed by atoms with Crippen molar-refractivity contribution >= 4 is 23.2 Å². The molecule has 0 saturated carbocycles. The number of carbonyl (C=O) groups excluding carboxylic acids is 2. The molecule has 3 aromatic rings. The van der Waals surface area contributed by atoms with Crippen LogP contribution < -0.4 is 5.32 Å². The normalized spacial score (nSPS) is 15.4. The topological polar surface area (TPSA) is 68.3 Å². The van der Waals surface area contributed by atoms with Crippen LogP contribution in [0, 0.1) is 6.92 Å². The molecule has 2 aromatic carbocycles. The number of ether oxygens (including phenoxy) is 1. The van der Waals surface area contributed by atoms with E-state index in [1.165, 1.54) is 16.9 Å². The fourth-order valence-electron chi connectivity index (χ4n) is 3.63. The molecule has 29 heavy (non-hydrogen) atoms. The molecule has 0 spiro atoms. The highest BCUT2D eigenvalue weighted by Gasteiger charge is 2.23. The van der Waals surface area contributed by atoms with E-state index in [9.17, 15) is 9.59 Å². The van der Waals surface area contributed by atoms with Crippen molar-refractivity contribution in [2.45, 2.75) is 32.2 Å². The van der Waals surface area contributed by atoms with Crippen LogP contribution in [0.25, 0.3) is 10.6 Å². The van der Waals surface area contributed by atoms with E-state index in [0.717, 1.165) is 35.4 Å². The van der Waals surface area contributed by atoms with Crippen LogP contribution in [0.1, 0.15) is 45.4 Å². The molecule has 1 aliphatic rings. The van der Waals surface area contributed by atoms with Crippen molar-refractivity contribution in [3.63, 3.8) is 0 Å². The zero-order valence-electron chi connectivity index (χ0n) is 16.2. The number of nitrogens with one attached hydrogen (secondary N) is 1. The third-order valence-corrected chi connectivity index (χ3v) is 6.23. The van der Waals surface area contributed by atoms with Gasteiger partial charge < -0.3 is 10.1 Å². The number of thiazole rings is 1. The van der Waals surface area contributed by atoms with Gasteiger partial charge in [0.2, 0.25) is 0 Å². The summed E-state index contributed by atoms with van der Waals surface area (Å²) < 4.78 is 5.27. The van der Waals surface area contributed by atoms with E-state index in [1.807, 2.05) is 42.5 Å². The van der Waals surface area contributed by atoms with Gasteiger partial charge in [-0.2, -0.15) is 0 Å². The summed E-state index contributed by atoms with van der Waals surface area (Å²) >= 11 is 1.28.